The van der Waals surface area contributed by atoms with E-state index >= 15 is 0 Å². The van der Waals surface area contributed by atoms with Crippen molar-refractivity contribution in [2.75, 3.05) is 0 Å². The van der Waals surface area contributed by atoms with Crippen molar-refractivity contribution in [3.05, 3.63) is 0 Å². The van der Waals surface area contributed by atoms with Crippen LogP contribution >= 0.6 is 0 Å². The molecule has 0 aliphatic carbocycles. The SMILES string of the molecule is O=S(=O)([O-])[O-].[Al+3].[Al+3].[OH-].[OH-]. The number of hydrogen-bond donors (Lipinski definition) is 0. The Morgan fingerprint density at radius 3 is 0.889 bits per heavy atom. The second kappa shape index (κ2) is 11.6. The summed E-state index contributed by atoms with van der Waals surface area (Å²) in [4.78, 5) is 0. The Kier molecular flexibility index (Phi) is 42.4. The minimum absolute atomic E-state index is 0. The molecule has 0 aromatic carbocycles. The van der Waals surface area contributed by atoms with E-state index in [1.165, 1.54) is 0 Å². The minimum atomic E-state index is -5.17. The first-order valence-electron chi connectivity index (χ1n) is 0.667. The molecule has 9 heteroatoms. The number of rotatable bonds is 0. The van der Waals surface area contributed by atoms with Crippen LogP contribution in [0.5, 0.6) is 0 Å². The van der Waals surface area contributed by atoms with Crippen LogP contribution < -0.4 is 0 Å². The van der Waals surface area contributed by atoms with E-state index in [0.29, 0.717) is 0 Å². The van der Waals surface area contributed by atoms with E-state index in [1.54, 1.807) is 0 Å². The van der Waals surface area contributed by atoms with Crippen LogP contribution in [0, 0.1) is 0 Å². The molecular weight excluding hydrogens is 182 g/mol. The summed E-state index contributed by atoms with van der Waals surface area (Å²) in [5, 5.41) is 0. The van der Waals surface area contributed by atoms with Gasteiger partial charge in [-0.05, 0) is 0 Å². The van der Waals surface area contributed by atoms with Crippen LogP contribution in [0.2, 0.25) is 0 Å². The van der Waals surface area contributed by atoms with Crippen LogP contribution in [0.25, 0.3) is 0 Å². The summed E-state index contributed by atoms with van der Waals surface area (Å²) in [5.74, 6) is 0. The van der Waals surface area contributed by atoms with Crippen molar-refractivity contribution in [1.29, 1.82) is 0 Å². The number of hydrogen-bond acceptors (Lipinski definition) is 6. The van der Waals surface area contributed by atoms with Gasteiger partial charge in [0.15, 0.2) is 0 Å². The summed E-state index contributed by atoms with van der Waals surface area (Å²) in [6.45, 7) is 0. The topological polar surface area (TPSA) is 140 Å². The van der Waals surface area contributed by atoms with Gasteiger partial charge in [-0.25, -0.2) is 0 Å². The van der Waals surface area contributed by atoms with Crippen molar-refractivity contribution in [3.8, 4) is 0 Å². The van der Waals surface area contributed by atoms with Gasteiger partial charge in [-0.1, -0.05) is 0 Å². The molecule has 0 rings (SSSR count). The maximum absolute atomic E-state index is 8.52. The van der Waals surface area contributed by atoms with Crippen LogP contribution in [-0.4, -0.2) is 63.2 Å². The van der Waals surface area contributed by atoms with E-state index in [2.05, 4.69) is 0 Å². The Hall–Kier alpha value is 0.855. The summed E-state index contributed by atoms with van der Waals surface area (Å²) in [6.07, 6.45) is 0. The fraction of sp³-hybridized carbons (Fsp3) is 0. The maximum atomic E-state index is 8.52. The zero-order valence-electron chi connectivity index (χ0n) is 4.09. The van der Waals surface area contributed by atoms with Gasteiger partial charge in [0.05, 0.1) is 0 Å². The second-order valence-electron chi connectivity index (χ2n) is 0.408. The molecule has 0 atom stereocenters. The third-order valence-corrected chi connectivity index (χ3v) is 0. The van der Waals surface area contributed by atoms with E-state index < -0.39 is 10.4 Å². The van der Waals surface area contributed by atoms with Crippen molar-refractivity contribution >= 4 is 45.1 Å². The van der Waals surface area contributed by atoms with Crippen molar-refractivity contribution in [1.82, 2.24) is 0 Å². The van der Waals surface area contributed by atoms with Crippen molar-refractivity contribution < 1.29 is 28.5 Å². The van der Waals surface area contributed by atoms with Gasteiger partial charge in [-0.15, -0.1) is 0 Å². The molecule has 0 radical (unpaired) electrons. The Morgan fingerprint density at radius 1 is 0.889 bits per heavy atom. The summed E-state index contributed by atoms with van der Waals surface area (Å²) < 4.78 is 34.1. The van der Waals surface area contributed by atoms with Crippen molar-refractivity contribution in [2.24, 2.45) is 0 Å². The van der Waals surface area contributed by atoms with E-state index in [9.17, 15) is 0 Å². The maximum Gasteiger partial charge on any atom is 3.00 e. The van der Waals surface area contributed by atoms with Gasteiger partial charge in [0.2, 0.25) is 0 Å². The molecule has 0 saturated heterocycles. The van der Waals surface area contributed by atoms with Crippen LogP contribution in [-0.2, 0) is 10.4 Å². The fourth-order valence-electron chi connectivity index (χ4n) is 0. The van der Waals surface area contributed by atoms with Crippen molar-refractivity contribution in [2.45, 2.75) is 0 Å². The minimum Gasteiger partial charge on any atom is -0.870 e. The molecule has 0 aliphatic rings. The molecule has 0 amide bonds. The van der Waals surface area contributed by atoms with Gasteiger partial charge in [0, 0.05) is 10.4 Å². The molecule has 0 spiro atoms. The monoisotopic (exact) mass is 184 g/mol. The molecule has 0 bridgehead atoms. The third-order valence-electron chi connectivity index (χ3n) is 0. The largest absolute Gasteiger partial charge is 3.00 e. The summed E-state index contributed by atoms with van der Waals surface area (Å²) >= 11 is 0. The first-order valence-corrected chi connectivity index (χ1v) is 2.00. The molecule has 0 aliphatic heterocycles. The standard InChI is InChI=1S/2Al.H2O4S.2H2O/c;;1-5(2,3)4;;/h;;(H2,1,2,3,4);2*1H2/q2*+3;;;/p-4. The van der Waals surface area contributed by atoms with Gasteiger partial charge in [0.25, 0.3) is 0 Å². The molecule has 6 nitrogen and oxygen atoms in total. The molecule has 0 aromatic rings. The molecule has 0 aromatic heterocycles. The van der Waals surface area contributed by atoms with Crippen molar-refractivity contribution in [3.63, 3.8) is 0 Å². The Labute approximate surface area is 73.7 Å². The molecule has 9 heavy (non-hydrogen) atoms. The molecule has 48 valence electrons. The predicted octanol–water partition coefficient (Wildman–Crippen LogP) is -2.45. The van der Waals surface area contributed by atoms with E-state index in [0.717, 1.165) is 0 Å². The summed E-state index contributed by atoms with van der Waals surface area (Å²) in [5.41, 5.74) is 0. The summed E-state index contributed by atoms with van der Waals surface area (Å²) in [6, 6.07) is 0. The average molecular weight is 184 g/mol. The zero-order chi connectivity index (χ0) is 4.50. The average Bonchev–Trinajstić information content (AvgIpc) is 0.722. The normalized spacial score (nSPS) is 6.44. The zero-order valence-corrected chi connectivity index (χ0v) is 7.22. The Balaban J connectivity index is -0.0000000133. The van der Waals surface area contributed by atoms with Gasteiger partial charge in [0.1, 0.15) is 0 Å². The fourth-order valence-corrected chi connectivity index (χ4v) is 0. The smallest absolute Gasteiger partial charge is 0.870 e. The van der Waals surface area contributed by atoms with Gasteiger partial charge < -0.3 is 20.1 Å². The second-order valence-corrected chi connectivity index (χ2v) is 1.22. The Bertz CT molecular complexity index is 94.2. The van der Waals surface area contributed by atoms with E-state index in [1.807, 2.05) is 0 Å². The van der Waals surface area contributed by atoms with Crippen LogP contribution in [0.4, 0.5) is 0 Å². The van der Waals surface area contributed by atoms with Gasteiger partial charge in [-0.2, -0.15) is 0 Å². The van der Waals surface area contributed by atoms with Gasteiger partial charge >= 0.3 is 34.7 Å². The Morgan fingerprint density at radius 2 is 0.889 bits per heavy atom. The molecule has 0 saturated carbocycles. The molecule has 0 unspecified atom stereocenters. The first-order chi connectivity index (χ1) is 2.00. The molecular formula is H2Al2O6S+2. The van der Waals surface area contributed by atoms with Crippen LogP contribution in [0.15, 0.2) is 0 Å². The first kappa shape index (κ1) is 32.8. The van der Waals surface area contributed by atoms with E-state index in [4.69, 9.17) is 17.5 Å². The molecule has 2 N–H and O–H groups in total. The predicted molar refractivity (Wildman–Crippen MR) is 25.9 cm³/mol. The molecule has 0 heterocycles. The quantitative estimate of drug-likeness (QED) is 0.232. The van der Waals surface area contributed by atoms with Gasteiger partial charge in [-0.3, -0.25) is 8.42 Å². The van der Waals surface area contributed by atoms with Crippen LogP contribution in [0.3, 0.4) is 0 Å². The third kappa shape index (κ3) is 569. The van der Waals surface area contributed by atoms with Crippen LogP contribution in [0.1, 0.15) is 0 Å². The van der Waals surface area contributed by atoms with E-state index in [-0.39, 0.29) is 45.7 Å². The summed E-state index contributed by atoms with van der Waals surface area (Å²) in [7, 11) is -5.17. The molecule has 0 fully saturated rings.